The van der Waals surface area contributed by atoms with Crippen molar-refractivity contribution in [1.29, 1.82) is 0 Å². The van der Waals surface area contributed by atoms with Gasteiger partial charge in [-0.15, -0.1) is 34.0 Å². The average Bonchev–Trinajstić information content (AvgIpc) is 1.72. The van der Waals surface area contributed by atoms with Crippen LogP contribution in [0.4, 0.5) is 0 Å². The van der Waals surface area contributed by atoms with Gasteiger partial charge in [-0.3, -0.25) is 0 Å². The van der Waals surface area contributed by atoms with Gasteiger partial charge in [0, 0.05) is 105 Å². The number of para-hydroxylation sites is 1. The molecule has 6 nitrogen and oxygen atoms in total. The summed E-state index contributed by atoms with van der Waals surface area (Å²) in [5.41, 5.74) is 22.5. The Hall–Kier alpha value is -13.0. The van der Waals surface area contributed by atoms with E-state index in [9.17, 15) is 0 Å². The van der Waals surface area contributed by atoms with Crippen molar-refractivity contribution in [2.24, 2.45) is 0 Å². The molecule has 0 amide bonds. The third kappa shape index (κ3) is 12.2. The molecule has 0 aliphatic rings. The van der Waals surface area contributed by atoms with Gasteiger partial charge in [-0.1, -0.05) is 297 Å². The monoisotopic (exact) mass is 1390 g/mol. The highest BCUT2D eigenvalue weighted by Crippen LogP contribution is 2.43. The maximum absolute atomic E-state index is 5.26. The van der Waals surface area contributed by atoms with Crippen molar-refractivity contribution in [3.8, 4) is 101 Å². The van der Waals surface area contributed by atoms with Crippen molar-refractivity contribution in [3.63, 3.8) is 0 Å². The first kappa shape index (κ1) is 62.9. The maximum atomic E-state index is 5.26. The van der Waals surface area contributed by atoms with E-state index in [1.807, 2.05) is 119 Å². The highest BCUT2D eigenvalue weighted by atomic mass is 32.1. The van der Waals surface area contributed by atoms with E-state index in [0.717, 1.165) is 117 Å². The van der Waals surface area contributed by atoms with Gasteiger partial charge in [0.25, 0.3) is 0 Å². The number of rotatable bonds is 9. The summed E-state index contributed by atoms with van der Waals surface area (Å²) in [7, 11) is 0. The van der Waals surface area contributed by atoms with Gasteiger partial charge in [0.05, 0.1) is 56.1 Å². The maximum Gasteiger partial charge on any atom is 0.160 e. The molecule has 0 saturated heterocycles. The van der Waals surface area contributed by atoms with Gasteiger partial charge < -0.3 is 0 Å². The Morgan fingerprint density at radius 3 is 0.981 bits per heavy atom. The molecule has 21 aromatic rings. The summed E-state index contributed by atoms with van der Waals surface area (Å²) >= 11 is 5.53. The molecule has 0 radical (unpaired) electrons. The fraction of sp³-hybridized carbons (Fsp3) is 0. The van der Waals surface area contributed by atoms with Crippen LogP contribution in [-0.4, -0.2) is 29.9 Å². The summed E-state index contributed by atoms with van der Waals surface area (Å²) in [6.07, 6.45) is 0. The lowest BCUT2D eigenvalue weighted by Gasteiger charge is -2.13. The Balaban J connectivity index is 0.000000108. The standard InChI is InChI=1S/3C32H20N2S/c1-3-10-21(11-4-1)30-31(22-12-5-2-6-13-22)34-32-24(15-9-16-27(32)33-30)23-18-19-26-25-14-7-8-17-28(25)35-29(26)20-23;1-3-9-21(10-4-1)31-27-19-23(16-18-28(27)33-32(34-31)22-11-5-2-6-12-22)24-15-17-26-25-13-7-8-14-29(25)35-30(26)20-24;1-3-9-21(10-4-1)31-32(22-11-5-2-6-12-22)34-28-19-23(16-18-27(28)33-31)24-15-17-26-25-13-7-8-14-29(25)35-30(26)20-24/h3*1-20H. The van der Waals surface area contributed by atoms with Gasteiger partial charge in [-0.2, -0.15) is 0 Å². The molecule has 0 unspecified atom stereocenters. The highest BCUT2D eigenvalue weighted by molar-refractivity contribution is 7.26. The molecule has 0 N–H and O–H groups in total. The van der Waals surface area contributed by atoms with Gasteiger partial charge in [-0.05, 0) is 94.5 Å². The van der Waals surface area contributed by atoms with Gasteiger partial charge in [0.1, 0.15) is 0 Å². The Bertz CT molecular complexity index is 6780. The smallest absolute Gasteiger partial charge is 0.160 e. The molecule has 9 heteroatoms. The lowest BCUT2D eigenvalue weighted by atomic mass is 9.99. The Kier molecular flexibility index (Phi) is 16.4. The fourth-order valence-electron chi connectivity index (χ4n) is 14.3. The number of hydrogen-bond donors (Lipinski definition) is 0. The number of nitrogens with zero attached hydrogens (tertiary/aromatic N) is 6. The van der Waals surface area contributed by atoms with Crippen LogP contribution in [0.2, 0.25) is 0 Å². The van der Waals surface area contributed by atoms with Crippen molar-refractivity contribution in [2.75, 3.05) is 0 Å². The molecule has 0 aliphatic heterocycles. The second-order valence-electron chi connectivity index (χ2n) is 26.0. The third-order valence-corrected chi connectivity index (χ3v) is 22.8. The minimum atomic E-state index is 0.747. The van der Waals surface area contributed by atoms with Crippen LogP contribution in [0, 0.1) is 0 Å². The summed E-state index contributed by atoms with van der Waals surface area (Å²) in [5, 5.41) is 8.96. The molecule has 0 aliphatic carbocycles. The van der Waals surface area contributed by atoms with Crippen LogP contribution < -0.4 is 0 Å². The van der Waals surface area contributed by atoms with E-state index in [0.29, 0.717) is 0 Å². The lowest BCUT2D eigenvalue weighted by molar-refractivity contribution is 1.23. The van der Waals surface area contributed by atoms with Crippen LogP contribution in [0.5, 0.6) is 0 Å². The second-order valence-corrected chi connectivity index (χ2v) is 29.2. The quantitative estimate of drug-likeness (QED) is 0.143. The van der Waals surface area contributed by atoms with Crippen molar-refractivity contribution in [1.82, 2.24) is 29.9 Å². The Morgan fingerprint density at radius 2 is 0.505 bits per heavy atom. The molecule has 105 heavy (non-hydrogen) atoms. The summed E-state index contributed by atoms with van der Waals surface area (Å²) in [6.45, 7) is 0. The molecule has 15 aromatic carbocycles. The predicted molar refractivity (Wildman–Crippen MR) is 446 cm³/mol. The van der Waals surface area contributed by atoms with Gasteiger partial charge >= 0.3 is 0 Å². The lowest BCUT2D eigenvalue weighted by Crippen LogP contribution is -1.97. The van der Waals surface area contributed by atoms with Crippen LogP contribution in [0.3, 0.4) is 0 Å². The summed E-state index contributed by atoms with van der Waals surface area (Å²) in [4.78, 5) is 30.6. The molecule has 492 valence electrons. The van der Waals surface area contributed by atoms with E-state index in [-0.39, 0.29) is 0 Å². The topological polar surface area (TPSA) is 77.3 Å². The first-order valence-corrected chi connectivity index (χ1v) is 37.5. The van der Waals surface area contributed by atoms with Gasteiger partial charge in [-0.25, -0.2) is 29.9 Å². The van der Waals surface area contributed by atoms with Crippen LogP contribution in [0.1, 0.15) is 0 Å². The molecule has 0 bridgehead atoms. The first-order valence-electron chi connectivity index (χ1n) is 35.0. The predicted octanol–water partition coefficient (Wildman–Crippen LogP) is 27.0. The molecular weight excluding hydrogens is 1330 g/mol. The van der Waals surface area contributed by atoms with Crippen LogP contribution >= 0.6 is 34.0 Å². The van der Waals surface area contributed by atoms with Crippen molar-refractivity contribution in [3.05, 3.63) is 364 Å². The molecule has 0 atom stereocenters. The van der Waals surface area contributed by atoms with E-state index in [4.69, 9.17) is 29.9 Å². The Labute approximate surface area is 617 Å². The van der Waals surface area contributed by atoms with E-state index in [1.54, 1.807) is 0 Å². The number of aromatic nitrogens is 6. The number of fused-ring (bicyclic) bond motifs is 12. The van der Waals surface area contributed by atoms with E-state index in [2.05, 4.69) is 279 Å². The minimum absolute atomic E-state index is 0.747. The molecule has 0 fully saturated rings. The SMILES string of the molecule is c1ccc(-c2nc(-c3ccccc3)c3cc(-c4ccc5c(c4)sc4ccccc45)ccc3n2)cc1.c1ccc(-c2nc3ccc(-c4ccc5c(c4)sc4ccccc45)cc3nc2-c2ccccc2)cc1.c1ccc(-c2nc3cccc(-c4ccc5c(c4)sc4ccccc45)c3nc2-c2ccccc2)cc1. The summed E-state index contributed by atoms with van der Waals surface area (Å²) < 4.78 is 7.87. The average molecular weight is 1390 g/mol. The van der Waals surface area contributed by atoms with Crippen LogP contribution in [0.15, 0.2) is 364 Å². The van der Waals surface area contributed by atoms with E-state index < -0.39 is 0 Å². The van der Waals surface area contributed by atoms with Crippen LogP contribution in [0.25, 0.3) is 195 Å². The molecule has 0 spiro atoms. The van der Waals surface area contributed by atoms with Gasteiger partial charge in [0.2, 0.25) is 0 Å². The molecule has 6 aromatic heterocycles. The number of hydrogen-bond acceptors (Lipinski definition) is 9. The summed E-state index contributed by atoms with van der Waals surface area (Å²) in [5.74, 6) is 0.747. The zero-order valence-corrected chi connectivity index (χ0v) is 59.0. The highest BCUT2D eigenvalue weighted by Gasteiger charge is 2.20. The second kappa shape index (κ2) is 27.4. The zero-order chi connectivity index (χ0) is 69.6. The van der Waals surface area contributed by atoms with Crippen LogP contribution in [-0.2, 0) is 0 Å². The van der Waals surface area contributed by atoms with E-state index in [1.165, 1.54) is 77.2 Å². The molecule has 6 heterocycles. The fourth-order valence-corrected chi connectivity index (χ4v) is 17.7. The summed E-state index contributed by atoms with van der Waals surface area (Å²) in [6, 6.07) is 127. The molecular formula is C96H60N6S3. The largest absolute Gasteiger partial charge is 0.244 e. The third-order valence-electron chi connectivity index (χ3n) is 19.4. The van der Waals surface area contributed by atoms with Gasteiger partial charge in [0.15, 0.2) is 5.82 Å². The van der Waals surface area contributed by atoms with Crippen molar-refractivity contribution in [2.45, 2.75) is 0 Å². The van der Waals surface area contributed by atoms with Crippen molar-refractivity contribution >= 4 is 127 Å². The number of benzene rings is 15. The zero-order valence-electron chi connectivity index (χ0n) is 56.5. The Morgan fingerprint density at radius 1 is 0.162 bits per heavy atom. The van der Waals surface area contributed by atoms with E-state index >= 15 is 0 Å². The first-order chi connectivity index (χ1) is 52.0. The molecule has 0 saturated carbocycles. The normalized spacial score (nSPS) is 11.4. The number of thiophene rings is 3. The minimum Gasteiger partial charge on any atom is -0.244 e. The molecule has 21 rings (SSSR count). The van der Waals surface area contributed by atoms with Crippen molar-refractivity contribution < 1.29 is 0 Å².